The third-order valence-electron chi connectivity index (χ3n) is 3.80. The number of pyridine rings is 1. The number of H-pyrrole nitrogens is 1. The molecule has 3 aromatic rings. The number of para-hydroxylation sites is 1. The Labute approximate surface area is 139 Å². The van der Waals surface area contributed by atoms with Gasteiger partial charge < -0.3 is 14.3 Å². The van der Waals surface area contributed by atoms with Crippen molar-refractivity contribution in [2.45, 2.75) is 20.4 Å². The van der Waals surface area contributed by atoms with Crippen LogP contribution in [0.4, 0.5) is 0 Å². The van der Waals surface area contributed by atoms with Gasteiger partial charge in [-0.3, -0.25) is 9.59 Å². The van der Waals surface area contributed by atoms with Gasteiger partial charge in [0, 0.05) is 17.6 Å². The van der Waals surface area contributed by atoms with Crippen molar-refractivity contribution in [3.05, 3.63) is 70.4 Å². The Kier molecular flexibility index (Phi) is 4.51. The number of rotatable bonds is 5. The summed E-state index contributed by atoms with van der Waals surface area (Å²) in [6.07, 6.45) is 1.48. The number of aromatic amines is 1. The Balaban J connectivity index is 1.93. The van der Waals surface area contributed by atoms with Crippen LogP contribution in [0.15, 0.2) is 57.9 Å². The van der Waals surface area contributed by atoms with E-state index in [1.807, 2.05) is 44.2 Å². The minimum Gasteiger partial charge on any atom is -0.459 e. The third kappa shape index (κ3) is 3.40. The predicted octanol–water partition coefficient (Wildman–Crippen LogP) is 3.42. The quantitative estimate of drug-likeness (QED) is 0.782. The van der Waals surface area contributed by atoms with Gasteiger partial charge in [-0.1, -0.05) is 32.0 Å². The maximum Gasteiger partial charge on any atom is 0.289 e. The Bertz CT molecular complexity index is 894. The van der Waals surface area contributed by atoms with E-state index in [1.54, 1.807) is 17.0 Å². The summed E-state index contributed by atoms with van der Waals surface area (Å²) in [4.78, 5) is 29.5. The Morgan fingerprint density at radius 3 is 2.71 bits per heavy atom. The van der Waals surface area contributed by atoms with E-state index in [2.05, 4.69) is 4.98 Å². The van der Waals surface area contributed by atoms with Crippen LogP contribution in [0.1, 0.15) is 30.0 Å². The number of carbonyl (C=O) groups excluding carboxylic acids is 1. The molecule has 24 heavy (non-hydrogen) atoms. The van der Waals surface area contributed by atoms with Crippen LogP contribution in [0.25, 0.3) is 10.9 Å². The van der Waals surface area contributed by atoms with E-state index in [-0.39, 0.29) is 29.7 Å². The van der Waals surface area contributed by atoms with Gasteiger partial charge in [0.15, 0.2) is 5.76 Å². The van der Waals surface area contributed by atoms with Crippen molar-refractivity contribution >= 4 is 16.8 Å². The largest absolute Gasteiger partial charge is 0.459 e. The molecule has 0 aliphatic rings. The second kappa shape index (κ2) is 6.74. The molecule has 0 saturated heterocycles. The Hall–Kier alpha value is -2.82. The zero-order chi connectivity index (χ0) is 17.1. The molecule has 3 rings (SSSR count). The van der Waals surface area contributed by atoms with Gasteiger partial charge >= 0.3 is 0 Å². The van der Waals surface area contributed by atoms with Gasteiger partial charge in [0.1, 0.15) is 0 Å². The molecule has 0 spiro atoms. The number of nitrogens with one attached hydrogen (secondary N) is 1. The van der Waals surface area contributed by atoms with Gasteiger partial charge in [-0.15, -0.1) is 0 Å². The summed E-state index contributed by atoms with van der Waals surface area (Å²) in [5, 5.41) is 0.946. The maximum atomic E-state index is 12.6. The summed E-state index contributed by atoms with van der Waals surface area (Å²) in [6.45, 7) is 4.86. The van der Waals surface area contributed by atoms with Crippen molar-refractivity contribution in [3.63, 3.8) is 0 Å². The second-order valence-corrected chi connectivity index (χ2v) is 6.27. The molecule has 124 valence electrons. The number of nitrogens with zero attached hydrogens (tertiary/aromatic N) is 1. The predicted molar refractivity (Wildman–Crippen MR) is 92.9 cm³/mol. The van der Waals surface area contributed by atoms with E-state index in [1.165, 1.54) is 6.26 Å². The fourth-order valence-electron chi connectivity index (χ4n) is 2.73. The van der Waals surface area contributed by atoms with Gasteiger partial charge in [-0.05, 0) is 35.6 Å². The van der Waals surface area contributed by atoms with E-state index in [0.717, 1.165) is 10.9 Å². The molecule has 0 fully saturated rings. The van der Waals surface area contributed by atoms with Gasteiger partial charge in [0.25, 0.3) is 11.5 Å². The lowest BCUT2D eigenvalue weighted by Crippen LogP contribution is -2.35. The first-order chi connectivity index (χ1) is 11.5. The summed E-state index contributed by atoms with van der Waals surface area (Å²) in [5.74, 6) is 0.359. The molecule has 0 aliphatic carbocycles. The molecule has 1 N–H and O–H groups in total. The van der Waals surface area contributed by atoms with Crippen molar-refractivity contribution in [3.8, 4) is 0 Å². The third-order valence-corrected chi connectivity index (χ3v) is 3.80. The molecule has 2 aromatic heterocycles. The molecular formula is C19H20N2O3. The molecule has 5 nitrogen and oxygen atoms in total. The minimum atomic E-state index is -0.207. The number of carbonyl (C=O) groups is 1. The first kappa shape index (κ1) is 16.1. The fourth-order valence-corrected chi connectivity index (χ4v) is 2.73. The van der Waals surface area contributed by atoms with E-state index in [0.29, 0.717) is 12.1 Å². The molecule has 5 heteroatoms. The number of amides is 1. The van der Waals surface area contributed by atoms with Crippen molar-refractivity contribution in [2.24, 2.45) is 5.92 Å². The van der Waals surface area contributed by atoms with Crippen molar-refractivity contribution in [1.29, 1.82) is 0 Å². The normalized spacial score (nSPS) is 11.1. The highest BCUT2D eigenvalue weighted by molar-refractivity contribution is 5.91. The topological polar surface area (TPSA) is 66.3 Å². The smallest absolute Gasteiger partial charge is 0.289 e. The van der Waals surface area contributed by atoms with Crippen LogP contribution < -0.4 is 5.56 Å². The van der Waals surface area contributed by atoms with Crippen LogP contribution in [-0.4, -0.2) is 22.3 Å². The van der Waals surface area contributed by atoms with E-state index in [4.69, 9.17) is 4.42 Å². The highest BCUT2D eigenvalue weighted by Gasteiger charge is 2.20. The van der Waals surface area contributed by atoms with Crippen LogP contribution in [0.3, 0.4) is 0 Å². The van der Waals surface area contributed by atoms with Crippen LogP contribution >= 0.6 is 0 Å². The fraction of sp³-hybridized carbons (Fsp3) is 0.263. The summed E-state index contributed by atoms with van der Waals surface area (Å²) in [7, 11) is 0. The molecular weight excluding hydrogens is 304 g/mol. The maximum absolute atomic E-state index is 12.6. The molecule has 1 amide bonds. The monoisotopic (exact) mass is 324 g/mol. The Morgan fingerprint density at radius 1 is 1.21 bits per heavy atom. The summed E-state index contributed by atoms with van der Waals surface area (Å²) in [5.41, 5.74) is 1.18. The molecule has 0 bridgehead atoms. The molecule has 0 atom stereocenters. The minimum absolute atomic E-state index is 0.172. The van der Waals surface area contributed by atoms with Crippen molar-refractivity contribution in [1.82, 2.24) is 9.88 Å². The first-order valence-corrected chi connectivity index (χ1v) is 7.98. The number of fused-ring (bicyclic) bond motifs is 1. The molecule has 0 aliphatic heterocycles. The van der Waals surface area contributed by atoms with Crippen LogP contribution in [0, 0.1) is 5.92 Å². The van der Waals surface area contributed by atoms with E-state index in [9.17, 15) is 9.59 Å². The number of hydrogen-bond acceptors (Lipinski definition) is 3. The average molecular weight is 324 g/mol. The molecule has 1 aromatic carbocycles. The van der Waals surface area contributed by atoms with Crippen LogP contribution in [0.5, 0.6) is 0 Å². The van der Waals surface area contributed by atoms with Crippen molar-refractivity contribution < 1.29 is 9.21 Å². The molecule has 2 heterocycles. The molecule has 0 radical (unpaired) electrons. The number of aromatic nitrogens is 1. The standard InChI is InChI=1S/C19H20N2O3/c1-13(2)11-21(19(23)17-8-5-9-24-17)12-15-10-14-6-3-4-7-16(14)20-18(15)22/h3-10,13H,11-12H2,1-2H3,(H,20,22). The summed E-state index contributed by atoms with van der Waals surface area (Å²) < 4.78 is 5.22. The lowest BCUT2D eigenvalue weighted by atomic mass is 10.1. The van der Waals surface area contributed by atoms with Crippen LogP contribution in [-0.2, 0) is 6.54 Å². The van der Waals surface area contributed by atoms with E-state index < -0.39 is 0 Å². The van der Waals surface area contributed by atoms with Gasteiger partial charge in [-0.2, -0.15) is 0 Å². The van der Waals surface area contributed by atoms with Gasteiger partial charge in [0.05, 0.1) is 12.8 Å². The Morgan fingerprint density at radius 2 is 2.00 bits per heavy atom. The average Bonchev–Trinajstić information content (AvgIpc) is 3.08. The number of furan rings is 1. The summed E-state index contributed by atoms with van der Waals surface area (Å²) >= 11 is 0. The number of benzene rings is 1. The lowest BCUT2D eigenvalue weighted by Gasteiger charge is -2.23. The molecule has 0 saturated carbocycles. The van der Waals surface area contributed by atoms with Crippen molar-refractivity contribution in [2.75, 3.05) is 6.54 Å². The zero-order valence-electron chi connectivity index (χ0n) is 13.8. The molecule has 0 unspecified atom stereocenters. The highest BCUT2D eigenvalue weighted by Crippen LogP contribution is 2.14. The second-order valence-electron chi connectivity index (χ2n) is 6.27. The SMILES string of the molecule is CC(C)CN(Cc1cc2ccccc2[nH]c1=O)C(=O)c1ccco1. The van der Waals surface area contributed by atoms with Crippen LogP contribution in [0.2, 0.25) is 0 Å². The zero-order valence-corrected chi connectivity index (χ0v) is 13.8. The number of hydrogen-bond donors (Lipinski definition) is 1. The summed E-state index contributed by atoms with van der Waals surface area (Å²) in [6, 6.07) is 12.8. The highest BCUT2D eigenvalue weighted by atomic mass is 16.3. The van der Waals surface area contributed by atoms with Gasteiger partial charge in [-0.25, -0.2) is 0 Å². The van der Waals surface area contributed by atoms with E-state index >= 15 is 0 Å². The van der Waals surface area contributed by atoms with Gasteiger partial charge in [0.2, 0.25) is 0 Å². The first-order valence-electron chi connectivity index (χ1n) is 7.98. The lowest BCUT2D eigenvalue weighted by molar-refractivity contribution is 0.0689.